The van der Waals surface area contributed by atoms with Crippen LogP contribution in [-0.2, 0) is 0 Å². The lowest BCUT2D eigenvalue weighted by Crippen LogP contribution is -2.28. The third-order valence-corrected chi connectivity index (χ3v) is 3.41. The first-order valence-corrected chi connectivity index (χ1v) is 6.31. The number of nitrogens with zero attached hydrogens (tertiary/aromatic N) is 1. The van der Waals surface area contributed by atoms with Crippen LogP contribution in [0.25, 0.3) is 0 Å². The number of thioether (sulfide) groups is 1. The molecule has 15 heavy (non-hydrogen) atoms. The Bertz CT molecular complexity index is 303. The zero-order valence-corrected chi connectivity index (χ0v) is 10.8. The lowest BCUT2D eigenvalue weighted by atomic mass is 10.1. The maximum absolute atomic E-state index is 5.99. The monoisotopic (exact) mass is 224 g/mol. The van der Waals surface area contributed by atoms with Crippen molar-refractivity contribution in [2.75, 3.05) is 5.75 Å². The molecule has 1 heterocycles. The maximum atomic E-state index is 5.99. The molecule has 1 unspecified atom stereocenters. The molecule has 0 bridgehead atoms. The standard InChI is InChI=1S/C12H20N2S/c1-8(2)11(13)7-15-12-6-9(3)5-10(4)14-12/h5-6,8,11H,7,13H2,1-4H3. The predicted octanol–water partition coefficient (Wildman–Crippen LogP) is 2.77. The van der Waals surface area contributed by atoms with Crippen LogP contribution in [0.1, 0.15) is 25.1 Å². The van der Waals surface area contributed by atoms with Crippen LogP contribution in [0.15, 0.2) is 17.2 Å². The third-order valence-electron chi connectivity index (χ3n) is 2.35. The van der Waals surface area contributed by atoms with Crippen LogP contribution in [-0.4, -0.2) is 16.8 Å². The number of hydrogen-bond donors (Lipinski definition) is 1. The molecule has 0 radical (unpaired) electrons. The van der Waals surface area contributed by atoms with E-state index in [2.05, 4.69) is 37.9 Å². The molecule has 0 fully saturated rings. The molecule has 0 amide bonds. The van der Waals surface area contributed by atoms with E-state index in [1.807, 2.05) is 6.92 Å². The summed E-state index contributed by atoms with van der Waals surface area (Å²) in [5.41, 5.74) is 8.34. The summed E-state index contributed by atoms with van der Waals surface area (Å²) in [6.07, 6.45) is 0. The summed E-state index contributed by atoms with van der Waals surface area (Å²) in [5.74, 6) is 1.47. The molecule has 2 nitrogen and oxygen atoms in total. The molecule has 0 aliphatic carbocycles. The molecule has 1 rings (SSSR count). The van der Waals surface area contributed by atoms with Gasteiger partial charge in [0.15, 0.2) is 0 Å². The van der Waals surface area contributed by atoms with Crippen molar-refractivity contribution in [3.63, 3.8) is 0 Å². The van der Waals surface area contributed by atoms with Gasteiger partial charge in [-0.1, -0.05) is 13.8 Å². The second-order valence-electron chi connectivity index (χ2n) is 4.34. The molecule has 0 aromatic carbocycles. The van der Waals surface area contributed by atoms with Gasteiger partial charge in [-0.25, -0.2) is 4.98 Å². The van der Waals surface area contributed by atoms with Crippen molar-refractivity contribution in [3.05, 3.63) is 23.4 Å². The van der Waals surface area contributed by atoms with Crippen molar-refractivity contribution in [1.82, 2.24) is 4.98 Å². The number of nitrogens with two attached hydrogens (primary N) is 1. The SMILES string of the molecule is Cc1cc(C)nc(SCC(N)C(C)C)c1. The van der Waals surface area contributed by atoms with E-state index in [4.69, 9.17) is 5.73 Å². The van der Waals surface area contributed by atoms with Crippen molar-refractivity contribution in [2.24, 2.45) is 11.7 Å². The molecule has 0 aliphatic rings. The highest BCUT2D eigenvalue weighted by Crippen LogP contribution is 2.19. The van der Waals surface area contributed by atoms with E-state index in [0.29, 0.717) is 5.92 Å². The Balaban J connectivity index is 2.57. The van der Waals surface area contributed by atoms with E-state index < -0.39 is 0 Å². The second kappa shape index (κ2) is 5.52. The molecular weight excluding hydrogens is 204 g/mol. The van der Waals surface area contributed by atoms with Gasteiger partial charge in [-0.05, 0) is 37.5 Å². The van der Waals surface area contributed by atoms with Gasteiger partial charge in [0.05, 0.1) is 5.03 Å². The Morgan fingerprint density at radius 3 is 2.53 bits per heavy atom. The van der Waals surface area contributed by atoms with Gasteiger partial charge in [0.2, 0.25) is 0 Å². The molecule has 0 saturated heterocycles. The number of aromatic nitrogens is 1. The fraction of sp³-hybridized carbons (Fsp3) is 0.583. The average Bonchev–Trinajstić information content (AvgIpc) is 2.12. The molecule has 84 valence electrons. The van der Waals surface area contributed by atoms with Gasteiger partial charge in [0, 0.05) is 17.5 Å². The van der Waals surface area contributed by atoms with Crippen molar-refractivity contribution in [3.8, 4) is 0 Å². The first kappa shape index (κ1) is 12.5. The van der Waals surface area contributed by atoms with Gasteiger partial charge in [0.1, 0.15) is 0 Å². The lowest BCUT2D eigenvalue weighted by molar-refractivity contribution is 0.535. The number of hydrogen-bond acceptors (Lipinski definition) is 3. The van der Waals surface area contributed by atoms with E-state index in [-0.39, 0.29) is 6.04 Å². The normalized spacial score (nSPS) is 13.2. The van der Waals surface area contributed by atoms with Crippen LogP contribution < -0.4 is 5.73 Å². The van der Waals surface area contributed by atoms with Crippen molar-refractivity contribution in [1.29, 1.82) is 0 Å². The number of rotatable bonds is 4. The Morgan fingerprint density at radius 2 is 2.00 bits per heavy atom. The van der Waals surface area contributed by atoms with E-state index in [9.17, 15) is 0 Å². The van der Waals surface area contributed by atoms with Gasteiger partial charge >= 0.3 is 0 Å². The van der Waals surface area contributed by atoms with Crippen LogP contribution in [0.4, 0.5) is 0 Å². The fourth-order valence-electron chi connectivity index (χ4n) is 1.25. The first-order chi connectivity index (χ1) is 6.99. The molecule has 3 heteroatoms. The molecular formula is C12H20N2S. The highest BCUT2D eigenvalue weighted by molar-refractivity contribution is 7.99. The van der Waals surface area contributed by atoms with Gasteiger partial charge < -0.3 is 5.73 Å². The van der Waals surface area contributed by atoms with Crippen molar-refractivity contribution >= 4 is 11.8 Å². The second-order valence-corrected chi connectivity index (χ2v) is 5.38. The van der Waals surface area contributed by atoms with Crippen LogP contribution in [0.5, 0.6) is 0 Å². The number of aryl methyl sites for hydroxylation is 2. The quantitative estimate of drug-likeness (QED) is 0.799. The van der Waals surface area contributed by atoms with Gasteiger partial charge in [-0.3, -0.25) is 0 Å². The number of pyridine rings is 1. The minimum Gasteiger partial charge on any atom is -0.327 e. The van der Waals surface area contributed by atoms with Crippen molar-refractivity contribution in [2.45, 2.75) is 38.8 Å². The van der Waals surface area contributed by atoms with E-state index in [1.54, 1.807) is 11.8 Å². The zero-order chi connectivity index (χ0) is 11.4. The first-order valence-electron chi connectivity index (χ1n) is 5.32. The van der Waals surface area contributed by atoms with E-state index in [0.717, 1.165) is 16.5 Å². The average molecular weight is 224 g/mol. The Morgan fingerprint density at radius 1 is 1.33 bits per heavy atom. The molecule has 2 N–H and O–H groups in total. The molecule has 0 saturated carbocycles. The van der Waals surface area contributed by atoms with Gasteiger partial charge in [0.25, 0.3) is 0 Å². The summed E-state index contributed by atoms with van der Waals surface area (Å²) >= 11 is 1.75. The molecule has 0 spiro atoms. The van der Waals surface area contributed by atoms with E-state index in [1.165, 1.54) is 5.56 Å². The maximum Gasteiger partial charge on any atom is 0.0966 e. The van der Waals surface area contributed by atoms with E-state index >= 15 is 0 Å². The lowest BCUT2D eigenvalue weighted by Gasteiger charge is -2.14. The third kappa shape index (κ3) is 4.22. The molecule has 0 aliphatic heterocycles. The smallest absolute Gasteiger partial charge is 0.0966 e. The predicted molar refractivity (Wildman–Crippen MR) is 67.2 cm³/mol. The molecule has 1 aromatic heterocycles. The molecule has 1 atom stereocenters. The topological polar surface area (TPSA) is 38.9 Å². The highest BCUT2D eigenvalue weighted by Gasteiger charge is 2.08. The Hall–Kier alpha value is -0.540. The van der Waals surface area contributed by atoms with Crippen LogP contribution >= 0.6 is 11.8 Å². The van der Waals surface area contributed by atoms with Gasteiger partial charge in [-0.2, -0.15) is 0 Å². The largest absolute Gasteiger partial charge is 0.327 e. The summed E-state index contributed by atoms with van der Waals surface area (Å²) in [6.45, 7) is 8.43. The van der Waals surface area contributed by atoms with Crippen molar-refractivity contribution < 1.29 is 0 Å². The van der Waals surface area contributed by atoms with Crippen LogP contribution in [0.3, 0.4) is 0 Å². The summed E-state index contributed by atoms with van der Waals surface area (Å²) in [4.78, 5) is 4.47. The van der Waals surface area contributed by atoms with Gasteiger partial charge in [-0.15, -0.1) is 11.8 Å². The fourth-order valence-corrected chi connectivity index (χ4v) is 2.48. The summed E-state index contributed by atoms with van der Waals surface area (Å²) < 4.78 is 0. The molecule has 1 aromatic rings. The Labute approximate surface area is 96.7 Å². The summed E-state index contributed by atoms with van der Waals surface area (Å²) in [7, 11) is 0. The highest BCUT2D eigenvalue weighted by atomic mass is 32.2. The Kier molecular flexibility index (Phi) is 4.61. The summed E-state index contributed by atoms with van der Waals surface area (Å²) in [6, 6.07) is 4.45. The minimum atomic E-state index is 0.248. The van der Waals surface area contributed by atoms with Crippen LogP contribution in [0.2, 0.25) is 0 Å². The van der Waals surface area contributed by atoms with Crippen LogP contribution in [0, 0.1) is 19.8 Å². The minimum absolute atomic E-state index is 0.248. The summed E-state index contributed by atoms with van der Waals surface area (Å²) in [5, 5.41) is 1.09. The zero-order valence-electron chi connectivity index (χ0n) is 9.95.